The molecule has 7 heteroatoms. The molecule has 0 radical (unpaired) electrons. The standard InChI is InChI=1S/C19H25N3O4/c1-13-5-3-4-10-19(13)17(24)22(18(25)21-19)12-16(23)20-11-14-6-8-15(26-2)9-7-14/h6-9,13H,3-5,10-12H2,1-2H3,(H,20,23)(H,21,25)/t13-,19-/m1/s1. The van der Waals surface area contributed by atoms with Crippen molar-refractivity contribution in [3.63, 3.8) is 0 Å². The molecule has 2 N–H and O–H groups in total. The van der Waals surface area contributed by atoms with E-state index in [9.17, 15) is 14.4 Å². The van der Waals surface area contributed by atoms with Crippen molar-refractivity contribution in [3.05, 3.63) is 29.8 Å². The maximum atomic E-state index is 12.8. The van der Waals surface area contributed by atoms with Crippen LogP contribution in [0.5, 0.6) is 5.75 Å². The smallest absolute Gasteiger partial charge is 0.325 e. The predicted molar refractivity (Wildman–Crippen MR) is 95.4 cm³/mol. The van der Waals surface area contributed by atoms with E-state index in [2.05, 4.69) is 10.6 Å². The van der Waals surface area contributed by atoms with Gasteiger partial charge in [0.15, 0.2) is 0 Å². The first-order chi connectivity index (χ1) is 12.5. The molecule has 0 unspecified atom stereocenters. The highest BCUT2D eigenvalue weighted by molar-refractivity contribution is 6.09. The highest BCUT2D eigenvalue weighted by Crippen LogP contribution is 2.38. The van der Waals surface area contributed by atoms with Gasteiger partial charge in [-0.15, -0.1) is 0 Å². The van der Waals surface area contributed by atoms with E-state index in [1.165, 1.54) is 0 Å². The number of hydrogen-bond acceptors (Lipinski definition) is 4. The second-order valence-corrected chi connectivity index (χ2v) is 7.06. The van der Waals surface area contributed by atoms with Gasteiger partial charge in [0.25, 0.3) is 5.91 Å². The third kappa shape index (κ3) is 3.38. The largest absolute Gasteiger partial charge is 0.497 e. The lowest BCUT2D eigenvalue weighted by Gasteiger charge is -2.36. The van der Waals surface area contributed by atoms with Crippen LogP contribution in [0.4, 0.5) is 4.79 Å². The van der Waals surface area contributed by atoms with Gasteiger partial charge in [-0.05, 0) is 36.5 Å². The van der Waals surface area contributed by atoms with Crippen LogP contribution < -0.4 is 15.4 Å². The molecule has 0 aromatic heterocycles. The van der Waals surface area contributed by atoms with Gasteiger partial charge in [-0.2, -0.15) is 0 Å². The Morgan fingerprint density at radius 2 is 2.04 bits per heavy atom. The van der Waals surface area contributed by atoms with Gasteiger partial charge < -0.3 is 15.4 Å². The number of imide groups is 1. The van der Waals surface area contributed by atoms with Crippen molar-refractivity contribution in [3.8, 4) is 5.75 Å². The van der Waals surface area contributed by atoms with E-state index in [1.54, 1.807) is 7.11 Å². The van der Waals surface area contributed by atoms with Gasteiger partial charge in [0.1, 0.15) is 17.8 Å². The summed E-state index contributed by atoms with van der Waals surface area (Å²) in [6, 6.07) is 6.86. The Bertz CT molecular complexity index is 703. The van der Waals surface area contributed by atoms with Crippen LogP contribution in [0, 0.1) is 5.92 Å². The van der Waals surface area contributed by atoms with Crippen molar-refractivity contribution in [2.75, 3.05) is 13.7 Å². The third-order valence-corrected chi connectivity index (χ3v) is 5.45. The molecule has 140 valence electrons. The van der Waals surface area contributed by atoms with E-state index in [0.717, 1.165) is 35.5 Å². The van der Waals surface area contributed by atoms with Gasteiger partial charge in [-0.25, -0.2) is 4.79 Å². The number of amides is 4. The molecular weight excluding hydrogens is 334 g/mol. The second kappa shape index (κ2) is 7.35. The summed E-state index contributed by atoms with van der Waals surface area (Å²) >= 11 is 0. The molecule has 1 aliphatic carbocycles. The fourth-order valence-electron chi connectivity index (χ4n) is 3.78. The molecule has 1 aromatic carbocycles. The van der Waals surface area contributed by atoms with E-state index in [-0.39, 0.29) is 24.3 Å². The van der Waals surface area contributed by atoms with Gasteiger partial charge in [0, 0.05) is 6.54 Å². The van der Waals surface area contributed by atoms with Crippen molar-refractivity contribution >= 4 is 17.8 Å². The molecule has 1 heterocycles. The second-order valence-electron chi connectivity index (χ2n) is 7.06. The summed E-state index contributed by atoms with van der Waals surface area (Å²) in [5.74, 6) is 0.200. The average molecular weight is 359 g/mol. The zero-order valence-electron chi connectivity index (χ0n) is 15.2. The van der Waals surface area contributed by atoms with Crippen LogP contribution in [-0.4, -0.2) is 41.9 Å². The van der Waals surface area contributed by atoms with Gasteiger partial charge in [0.2, 0.25) is 5.91 Å². The van der Waals surface area contributed by atoms with Crippen molar-refractivity contribution in [1.82, 2.24) is 15.5 Å². The maximum Gasteiger partial charge on any atom is 0.325 e. The molecular formula is C19H25N3O4. The Balaban J connectivity index is 1.58. The molecule has 4 amide bonds. The predicted octanol–water partition coefficient (Wildman–Crippen LogP) is 1.81. The number of carbonyl (C=O) groups is 3. The first-order valence-electron chi connectivity index (χ1n) is 9.00. The molecule has 1 aromatic rings. The Morgan fingerprint density at radius 1 is 1.31 bits per heavy atom. The Labute approximate surface area is 153 Å². The Morgan fingerprint density at radius 3 is 2.69 bits per heavy atom. The van der Waals surface area contributed by atoms with Crippen LogP contribution in [0.1, 0.15) is 38.2 Å². The summed E-state index contributed by atoms with van der Waals surface area (Å²) in [7, 11) is 1.59. The minimum absolute atomic E-state index is 0.0834. The van der Waals surface area contributed by atoms with Crippen LogP contribution >= 0.6 is 0 Å². The summed E-state index contributed by atoms with van der Waals surface area (Å²) in [4.78, 5) is 38.4. The first kappa shape index (κ1) is 18.2. The highest BCUT2D eigenvalue weighted by Gasteiger charge is 2.55. The fraction of sp³-hybridized carbons (Fsp3) is 0.526. The minimum Gasteiger partial charge on any atom is -0.497 e. The summed E-state index contributed by atoms with van der Waals surface area (Å²) in [6.07, 6.45) is 3.52. The SMILES string of the molecule is COc1ccc(CNC(=O)CN2C(=O)N[C@@]3(CCCC[C@H]3C)C2=O)cc1. The normalized spacial score (nSPS) is 25.3. The third-order valence-electron chi connectivity index (χ3n) is 5.45. The molecule has 1 aliphatic heterocycles. The van der Waals surface area contributed by atoms with Gasteiger partial charge >= 0.3 is 6.03 Å². The van der Waals surface area contributed by atoms with Crippen LogP contribution in [0.3, 0.4) is 0 Å². The van der Waals surface area contributed by atoms with Gasteiger partial charge in [-0.1, -0.05) is 31.9 Å². The van der Waals surface area contributed by atoms with E-state index >= 15 is 0 Å². The summed E-state index contributed by atoms with van der Waals surface area (Å²) < 4.78 is 5.09. The topological polar surface area (TPSA) is 87.7 Å². The molecule has 3 rings (SSSR count). The molecule has 0 bridgehead atoms. The molecule has 2 atom stereocenters. The Kier molecular flexibility index (Phi) is 5.15. The van der Waals surface area contributed by atoms with Crippen molar-refractivity contribution in [2.24, 2.45) is 5.92 Å². The minimum atomic E-state index is -0.828. The summed E-state index contributed by atoms with van der Waals surface area (Å²) in [5, 5.41) is 5.61. The number of urea groups is 1. The van der Waals surface area contributed by atoms with E-state index in [1.807, 2.05) is 31.2 Å². The number of hydrogen-bond donors (Lipinski definition) is 2. The fourth-order valence-corrected chi connectivity index (χ4v) is 3.78. The quantitative estimate of drug-likeness (QED) is 0.785. The number of benzene rings is 1. The van der Waals surface area contributed by atoms with Crippen molar-refractivity contribution in [1.29, 1.82) is 0 Å². The first-order valence-corrected chi connectivity index (χ1v) is 9.00. The molecule has 2 aliphatic rings. The maximum absolute atomic E-state index is 12.8. The number of nitrogens with zero attached hydrogens (tertiary/aromatic N) is 1. The Hall–Kier alpha value is -2.57. The lowest BCUT2D eigenvalue weighted by molar-refractivity contribution is -0.137. The van der Waals surface area contributed by atoms with E-state index < -0.39 is 11.6 Å². The van der Waals surface area contributed by atoms with Crippen molar-refractivity contribution < 1.29 is 19.1 Å². The van der Waals surface area contributed by atoms with E-state index in [0.29, 0.717) is 13.0 Å². The number of methoxy groups -OCH3 is 1. The zero-order valence-corrected chi connectivity index (χ0v) is 15.2. The monoisotopic (exact) mass is 359 g/mol. The average Bonchev–Trinajstić information content (AvgIpc) is 2.88. The summed E-state index contributed by atoms with van der Waals surface area (Å²) in [5.41, 5.74) is 0.0831. The molecule has 1 spiro atoms. The molecule has 26 heavy (non-hydrogen) atoms. The molecule has 2 fully saturated rings. The lowest BCUT2D eigenvalue weighted by Crippen LogP contribution is -2.54. The molecule has 1 saturated carbocycles. The lowest BCUT2D eigenvalue weighted by atomic mass is 9.73. The number of ether oxygens (including phenoxy) is 1. The molecule has 7 nitrogen and oxygen atoms in total. The van der Waals surface area contributed by atoms with E-state index in [4.69, 9.17) is 4.74 Å². The van der Waals surface area contributed by atoms with Crippen molar-refractivity contribution in [2.45, 2.75) is 44.7 Å². The number of carbonyl (C=O) groups excluding carboxylic acids is 3. The van der Waals surface area contributed by atoms with Crippen LogP contribution in [0.15, 0.2) is 24.3 Å². The zero-order chi connectivity index (χ0) is 18.7. The number of nitrogens with one attached hydrogen (secondary N) is 2. The summed E-state index contributed by atoms with van der Waals surface area (Å²) in [6.45, 7) is 2.06. The van der Waals surface area contributed by atoms with Gasteiger partial charge in [0.05, 0.1) is 7.11 Å². The molecule has 1 saturated heterocycles. The van der Waals surface area contributed by atoms with Crippen LogP contribution in [-0.2, 0) is 16.1 Å². The van der Waals surface area contributed by atoms with Gasteiger partial charge in [-0.3, -0.25) is 14.5 Å². The van der Waals surface area contributed by atoms with Crippen LogP contribution in [0.2, 0.25) is 0 Å². The number of rotatable bonds is 5. The highest BCUT2D eigenvalue weighted by atomic mass is 16.5. The van der Waals surface area contributed by atoms with Crippen LogP contribution in [0.25, 0.3) is 0 Å².